The van der Waals surface area contributed by atoms with Crippen LogP contribution in [0.4, 0.5) is 10.5 Å². The molecule has 0 saturated heterocycles. The number of benzene rings is 2. The molecule has 1 unspecified atom stereocenters. The van der Waals surface area contributed by atoms with Crippen LogP contribution in [0, 0.1) is 0 Å². The van der Waals surface area contributed by atoms with Crippen LogP contribution in [-0.2, 0) is 4.74 Å². The van der Waals surface area contributed by atoms with Crippen LogP contribution in [0.2, 0.25) is 0 Å². The van der Waals surface area contributed by atoms with Gasteiger partial charge in [-0.25, -0.2) is 4.79 Å². The van der Waals surface area contributed by atoms with Crippen LogP contribution in [0.5, 0.6) is 11.5 Å². The molecule has 0 aliphatic carbocycles. The molecule has 3 aromatic rings. The summed E-state index contributed by atoms with van der Waals surface area (Å²) < 4.78 is 21.8. The Bertz CT molecular complexity index is 889. The number of carbonyl (C=O) groups excluding carboxylic acids is 1. The molecule has 0 bridgehead atoms. The number of carbonyl (C=O) groups is 1. The van der Waals surface area contributed by atoms with E-state index >= 15 is 0 Å². The van der Waals surface area contributed by atoms with Gasteiger partial charge in [0.1, 0.15) is 17.4 Å². The quantitative estimate of drug-likeness (QED) is 0.658. The SMILES string of the molecule is COc1cccc(NC(=O)NCC(OC)c2cc3ccccc3o2)c1OC. The number of para-hydroxylation sites is 2. The summed E-state index contributed by atoms with van der Waals surface area (Å²) in [6.07, 6.45) is -0.407. The van der Waals surface area contributed by atoms with E-state index in [1.807, 2.05) is 30.3 Å². The number of nitrogens with one attached hydrogen (secondary N) is 2. The highest BCUT2D eigenvalue weighted by molar-refractivity contribution is 5.91. The van der Waals surface area contributed by atoms with Crippen molar-refractivity contribution in [3.05, 3.63) is 54.3 Å². The first-order valence-corrected chi connectivity index (χ1v) is 8.43. The number of methoxy groups -OCH3 is 3. The summed E-state index contributed by atoms with van der Waals surface area (Å²) in [7, 11) is 4.63. The molecule has 0 fully saturated rings. The number of hydrogen-bond acceptors (Lipinski definition) is 5. The summed E-state index contributed by atoms with van der Waals surface area (Å²) in [5, 5.41) is 6.52. The Labute approximate surface area is 157 Å². The van der Waals surface area contributed by atoms with E-state index in [0.717, 1.165) is 11.0 Å². The second-order valence-corrected chi connectivity index (χ2v) is 5.79. The number of amides is 2. The van der Waals surface area contributed by atoms with Gasteiger partial charge in [0, 0.05) is 12.5 Å². The number of hydrogen-bond donors (Lipinski definition) is 2. The van der Waals surface area contributed by atoms with Gasteiger partial charge < -0.3 is 29.3 Å². The first-order chi connectivity index (χ1) is 13.2. The Morgan fingerprint density at radius 3 is 2.59 bits per heavy atom. The maximum absolute atomic E-state index is 12.3. The molecule has 7 nitrogen and oxygen atoms in total. The molecule has 2 amide bonds. The predicted octanol–water partition coefficient (Wildman–Crippen LogP) is 3.96. The normalized spacial score (nSPS) is 11.8. The number of anilines is 1. The minimum absolute atomic E-state index is 0.244. The summed E-state index contributed by atoms with van der Waals surface area (Å²) in [5.41, 5.74) is 1.28. The smallest absolute Gasteiger partial charge is 0.319 e. The van der Waals surface area contributed by atoms with Crippen molar-refractivity contribution in [1.29, 1.82) is 0 Å². The fourth-order valence-corrected chi connectivity index (χ4v) is 2.80. The Morgan fingerprint density at radius 1 is 1.07 bits per heavy atom. The van der Waals surface area contributed by atoms with Gasteiger partial charge in [0.05, 0.1) is 26.5 Å². The van der Waals surface area contributed by atoms with Gasteiger partial charge in [-0.1, -0.05) is 24.3 Å². The third-order valence-corrected chi connectivity index (χ3v) is 4.15. The van der Waals surface area contributed by atoms with Gasteiger partial charge in [0.25, 0.3) is 0 Å². The molecule has 1 atom stereocenters. The highest BCUT2D eigenvalue weighted by Gasteiger charge is 2.18. The predicted molar refractivity (Wildman–Crippen MR) is 103 cm³/mol. The molecular formula is C20H22N2O5. The molecule has 0 radical (unpaired) electrons. The van der Waals surface area contributed by atoms with Crippen molar-refractivity contribution in [1.82, 2.24) is 5.32 Å². The average molecular weight is 370 g/mol. The second kappa shape index (κ2) is 8.46. The third-order valence-electron chi connectivity index (χ3n) is 4.15. The molecule has 142 valence electrons. The van der Waals surface area contributed by atoms with Crippen LogP contribution in [-0.4, -0.2) is 33.9 Å². The van der Waals surface area contributed by atoms with E-state index in [9.17, 15) is 4.79 Å². The molecule has 27 heavy (non-hydrogen) atoms. The summed E-state index contributed by atoms with van der Waals surface area (Å²) in [4.78, 5) is 12.3. The maximum atomic E-state index is 12.3. The van der Waals surface area contributed by atoms with E-state index in [1.54, 1.807) is 25.3 Å². The van der Waals surface area contributed by atoms with Crippen molar-refractivity contribution >= 4 is 22.7 Å². The largest absolute Gasteiger partial charge is 0.493 e. The molecule has 0 saturated carbocycles. The Morgan fingerprint density at radius 2 is 1.89 bits per heavy atom. The number of ether oxygens (including phenoxy) is 3. The molecule has 0 aliphatic heterocycles. The standard InChI is InChI=1S/C20H22N2O5/c1-24-16-10-6-8-14(19(16)26-3)22-20(23)21-12-18(25-2)17-11-13-7-4-5-9-15(13)27-17/h4-11,18H,12H2,1-3H3,(H2,21,22,23). The van der Waals surface area contributed by atoms with E-state index < -0.39 is 6.10 Å². The average Bonchev–Trinajstić information content (AvgIpc) is 3.12. The van der Waals surface area contributed by atoms with E-state index in [-0.39, 0.29) is 12.6 Å². The highest BCUT2D eigenvalue weighted by Crippen LogP contribution is 2.34. The first-order valence-electron chi connectivity index (χ1n) is 8.43. The van der Waals surface area contributed by atoms with Crippen LogP contribution in [0.1, 0.15) is 11.9 Å². The maximum Gasteiger partial charge on any atom is 0.319 e. The molecule has 0 spiro atoms. The van der Waals surface area contributed by atoms with Crippen LogP contribution in [0.3, 0.4) is 0 Å². The Hall–Kier alpha value is -3.19. The van der Waals surface area contributed by atoms with Crippen molar-refractivity contribution in [2.45, 2.75) is 6.10 Å². The topological polar surface area (TPSA) is 82.0 Å². The monoisotopic (exact) mass is 370 g/mol. The van der Waals surface area contributed by atoms with Crippen molar-refractivity contribution < 1.29 is 23.4 Å². The fraction of sp³-hybridized carbons (Fsp3) is 0.250. The second-order valence-electron chi connectivity index (χ2n) is 5.79. The first kappa shape index (κ1) is 18.6. The minimum Gasteiger partial charge on any atom is -0.493 e. The lowest BCUT2D eigenvalue weighted by Gasteiger charge is -2.16. The van der Waals surface area contributed by atoms with E-state index in [1.165, 1.54) is 14.2 Å². The lowest BCUT2D eigenvalue weighted by Crippen LogP contribution is -2.33. The van der Waals surface area contributed by atoms with Gasteiger partial charge >= 0.3 is 6.03 Å². The van der Waals surface area contributed by atoms with Crippen LogP contribution < -0.4 is 20.1 Å². The molecule has 2 aromatic carbocycles. The minimum atomic E-state index is -0.407. The lowest BCUT2D eigenvalue weighted by atomic mass is 10.2. The fourth-order valence-electron chi connectivity index (χ4n) is 2.80. The van der Waals surface area contributed by atoms with E-state index in [0.29, 0.717) is 22.9 Å². The van der Waals surface area contributed by atoms with Crippen molar-refractivity contribution in [2.24, 2.45) is 0 Å². The lowest BCUT2D eigenvalue weighted by molar-refractivity contribution is 0.0870. The summed E-state index contributed by atoms with van der Waals surface area (Å²) in [6.45, 7) is 0.244. The molecule has 7 heteroatoms. The van der Waals surface area contributed by atoms with Crippen molar-refractivity contribution in [2.75, 3.05) is 33.2 Å². The molecule has 3 rings (SSSR count). The van der Waals surface area contributed by atoms with Gasteiger partial charge in [-0.15, -0.1) is 0 Å². The van der Waals surface area contributed by atoms with E-state index in [2.05, 4.69) is 10.6 Å². The van der Waals surface area contributed by atoms with Gasteiger partial charge in [0.15, 0.2) is 11.5 Å². The molecule has 1 heterocycles. The number of furan rings is 1. The number of fused-ring (bicyclic) bond motifs is 1. The zero-order valence-electron chi connectivity index (χ0n) is 15.4. The molecule has 1 aromatic heterocycles. The molecule has 0 aliphatic rings. The summed E-state index contributed by atoms with van der Waals surface area (Å²) in [5.74, 6) is 1.64. The van der Waals surface area contributed by atoms with Gasteiger partial charge in [0.2, 0.25) is 0 Å². The molecule has 2 N–H and O–H groups in total. The van der Waals surface area contributed by atoms with Crippen LogP contribution in [0.15, 0.2) is 52.9 Å². The van der Waals surface area contributed by atoms with E-state index in [4.69, 9.17) is 18.6 Å². The van der Waals surface area contributed by atoms with Crippen LogP contribution >= 0.6 is 0 Å². The van der Waals surface area contributed by atoms with Crippen molar-refractivity contribution in [3.8, 4) is 11.5 Å². The number of rotatable bonds is 7. The number of urea groups is 1. The van der Waals surface area contributed by atoms with Crippen molar-refractivity contribution in [3.63, 3.8) is 0 Å². The summed E-state index contributed by atoms with van der Waals surface area (Å²) >= 11 is 0. The third kappa shape index (κ3) is 4.15. The summed E-state index contributed by atoms with van der Waals surface area (Å²) in [6, 6.07) is 14.5. The van der Waals surface area contributed by atoms with Gasteiger partial charge in [-0.3, -0.25) is 0 Å². The van der Waals surface area contributed by atoms with Crippen LogP contribution in [0.25, 0.3) is 11.0 Å². The zero-order chi connectivity index (χ0) is 19.2. The van der Waals surface area contributed by atoms with Gasteiger partial charge in [-0.2, -0.15) is 0 Å². The Kier molecular flexibility index (Phi) is 5.83. The Balaban J connectivity index is 1.65. The zero-order valence-corrected chi connectivity index (χ0v) is 15.4. The molecular weight excluding hydrogens is 348 g/mol. The highest BCUT2D eigenvalue weighted by atomic mass is 16.5. The van der Waals surface area contributed by atoms with Gasteiger partial charge in [-0.05, 0) is 24.3 Å².